The monoisotopic (exact) mass is 256 g/mol. The molecular formula is C14H16FeO. The molecule has 10 rings (SSSR count). The molecule has 0 radical (unpaired) electrons. The second kappa shape index (κ2) is 0.431. The summed E-state index contributed by atoms with van der Waals surface area (Å²) >= 11 is 0. The summed E-state index contributed by atoms with van der Waals surface area (Å²) in [7, 11) is 0. The van der Waals surface area contributed by atoms with Gasteiger partial charge < -0.3 is 0 Å². The number of ketones is 1. The first kappa shape index (κ1) is 5.89. The molecule has 1 nitrogen and oxygen atoms in total. The Labute approximate surface area is 84.6 Å². The van der Waals surface area contributed by atoms with Crippen molar-refractivity contribution in [1.82, 2.24) is 0 Å². The molecule has 1 spiro atoms. The number of hydrogen-bond donors (Lipinski definition) is 0. The maximum atomic E-state index is 12.0. The van der Waals surface area contributed by atoms with Crippen molar-refractivity contribution in [1.29, 1.82) is 0 Å². The summed E-state index contributed by atoms with van der Waals surface area (Å²) in [6, 6.07) is 0. The predicted molar refractivity (Wildman–Crippen MR) is 56.3 cm³/mol. The van der Waals surface area contributed by atoms with E-state index in [1.54, 1.807) is 0 Å². The first-order chi connectivity index (χ1) is 7.40. The standard InChI is InChI=1S/C9H11O.C5H5.Fe/c1-7(8(2)10)9-5-3-4-6-9;1-2-4-5-3-1;/h3-7H,1-2H3;1-5H;. The Morgan fingerprint density at radius 1 is 1.00 bits per heavy atom. The fourth-order valence-corrected chi connectivity index (χ4v) is 93.7. The molecule has 0 aromatic heterocycles. The average Bonchev–Trinajstić information content (AvgIpc) is 3.20. The summed E-state index contributed by atoms with van der Waals surface area (Å²) in [4.78, 5) is 24.3. The van der Waals surface area contributed by atoms with Crippen LogP contribution < -0.4 is 0 Å². The van der Waals surface area contributed by atoms with Crippen molar-refractivity contribution in [3.63, 3.8) is 0 Å². The van der Waals surface area contributed by atoms with Gasteiger partial charge in [-0.15, -0.1) is 0 Å². The van der Waals surface area contributed by atoms with Gasteiger partial charge in [-0.05, 0) is 0 Å². The molecule has 86 valence electrons. The molecule has 10 fully saturated rings. The molecule has 0 aromatic carbocycles. The minimum atomic E-state index is -2.90. The van der Waals surface area contributed by atoms with E-state index in [-0.39, 0.29) is 0 Å². The van der Waals surface area contributed by atoms with E-state index in [0.29, 0.717) is 11.7 Å². The first-order valence-electron chi connectivity index (χ1n) is 7.12. The van der Waals surface area contributed by atoms with Crippen LogP contribution in [0.3, 0.4) is 0 Å². The fourth-order valence-electron chi connectivity index (χ4n) is 17.9. The van der Waals surface area contributed by atoms with E-state index in [1.165, 1.54) is 43.3 Å². The van der Waals surface area contributed by atoms with Crippen molar-refractivity contribution in [2.24, 2.45) is 5.92 Å². The number of rotatable bonds is 2. The van der Waals surface area contributed by atoms with Crippen molar-refractivity contribution in [3.05, 3.63) is 0 Å². The molecule has 0 aliphatic carbocycles. The van der Waals surface area contributed by atoms with Gasteiger partial charge in [0.2, 0.25) is 0 Å². The third kappa shape index (κ3) is 0.0496. The molecule has 10 aliphatic rings. The number of hydrogen-bond acceptors (Lipinski definition) is 1. The first-order valence-corrected chi connectivity index (χ1v) is 13.4. The van der Waals surface area contributed by atoms with E-state index < -0.39 is 6.51 Å². The summed E-state index contributed by atoms with van der Waals surface area (Å²) in [5.74, 6) is 1.08. The van der Waals surface area contributed by atoms with Crippen molar-refractivity contribution >= 4 is 5.78 Å². The van der Waals surface area contributed by atoms with Crippen molar-refractivity contribution in [2.45, 2.75) is 61.5 Å². The van der Waals surface area contributed by atoms with E-state index >= 15 is 0 Å². The summed E-state index contributed by atoms with van der Waals surface area (Å²) < 4.78 is 0.824. The number of fused-ring (bicyclic) bond motifs is 10. The zero-order valence-electron chi connectivity index (χ0n) is 9.54. The van der Waals surface area contributed by atoms with Gasteiger partial charge in [-0.2, -0.15) is 0 Å². The summed E-state index contributed by atoms with van der Waals surface area (Å²) in [6.07, 6.45) is 0. The van der Waals surface area contributed by atoms with Gasteiger partial charge in [0, 0.05) is 0 Å². The topological polar surface area (TPSA) is 17.1 Å². The summed E-state index contributed by atoms with van der Waals surface area (Å²) in [5.41, 5.74) is 0. The van der Waals surface area contributed by atoms with Crippen molar-refractivity contribution in [2.75, 3.05) is 0 Å². The van der Waals surface area contributed by atoms with E-state index in [9.17, 15) is 4.79 Å². The zero-order valence-corrected chi connectivity index (χ0v) is 10.6. The molecule has 5 unspecified atom stereocenters. The Morgan fingerprint density at radius 2 is 1.44 bits per heavy atom. The van der Waals surface area contributed by atoms with Crippen LogP contribution in [0.15, 0.2) is 0 Å². The molecule has 16 heavy (non-hydrogen) atoms. The Hall–Kier alpha value is 0.189. The fraction of sp³-hybridized carbons (Fsp3) is 0.929. The number of carbonyl (C=O) groups excluding carboxylic acids is 1. The van der Waals surface area contributed by atoms with Crippen LogP contribution in [0.5, 0.6) is 0 Å². The number of carbonyl (C=O) groups is 1. The third-order valence-electron chi connectivity index (χ3n) is 16.1. The molecule has 0 amide bonds. The predicted octanol–water partition coefficient (Wildman–Crippen LogP) is 3.97. The van der Waals surface area contributed by atoms with E-state index in [0.717, 1.165) is 4.31 Å². The van der Waals surface area contributed by atoms with Crippen LogP contribution in [-0.2, 0) is 11.3 Å². The van der Waals surface area contributed by atoms with Crippen LogP contribution in [0.4, 0.5) is 0 Å². The molecule has 10 heterocycles. The Balaban J connectivity index is 1.69. The molecule has 10 saturated heterocycles. The molecule has 5 atom stereocenters. The van der Waals surface area contributed by atoms with Crippen LogP contribution >= 0.6 is 0 Å². The van der Waals surface area contributed by atoms with Crippen molar-refractivity contribution in [3.8, 4) is 0 Å². The molecule has 0 N–H and O–H groups in total. The molecule has 0 aromatic rings. The summed E-state index contributed by atoms with van der Waals surface area (Å²) in [6.45, 7) is 1.35. The van der Waals surface area contributed by atoms with Gasteiger partial charge in [0.25, 0.3) is 0 Å². The van der Waals surface area contributed by atoms with Crippen LogP contribution in [0.25, 0.3) is 0 Å². The summed E-state index contributed by atoms with van der Waals surface area (Å²) in [5, 5.41) is 0. The minimum absolute atomic E-state index is 0.515. The van der Waals surface area contributed by atoms with E-state index in [1.807, 2.05) is 6.92 Å². The van der Waals surface area contributed by atoms with Crippen LogP contribution in [0.2, 0.25) is 47.7 Å². The van der Waals surface area contributed by atoms with Gasteiger partial charge in [0.05, 0.1) is 0 Å². The van der Waals surface area contributed by atoms with Gasteiger partial charge in [-0.25, -0.2) is 0 Å². The van der Waals surface area contributed by atoms with Gasteiger partial charge in [0.1, 0.15) is 0 Å². The van der Waals surface area contributed by atoms with Crippen LogP contribution in [0, 0.1) is 5.92 Å². The van der Waals surface area contributed by atoms with E-state index in [4.69, 9.17) is 0 Å². The SMILES string of the molecule is CC(=O)C(C)[C]12[CH]3[CH]4[CH]5[CH]1[Fe]45321678[CH]2[CH]1[CH]6[CH]7[CH]28. The third-order valence-corrected chi connectivity index (χ3v) is 58.9. The van der Waals surface area contributed by atoms with Gasteiger partial charge in [0.15, 0.2) is 0 Å². The van der Waals surface area contributed by atoms with E-state index in [2.05, 4.69) is 6.92 Å². The van der Waals surface area contributed by atoms with Crippen LogP contribution in [-0.4, -0.2) is 5.78 Å². The van der Waals surface area contributed by atoms with Crippen molar-refractivity contribution < 1.29 is 11.3 Å². The van der Waals surface area contributed by atoms with Crippen LogP contribution in [0.1, 0.15) is 13.8 Å². The Morgan fingerprint density at radius 3 is 1.62 bits per heavy atom. The normalized spacial score (nSPS) is 128. The molecule has 0 saturated carbocycles. The molecule has 0 bridgehead atoms. The molecule has 2 heteroatoms. The Bertz CT molecular complexity index is 892. The van der Waals surface area contributed by atoms with Gasteiger partial charge >= 0.3 is 84.5 Å². The molecular weight excluding hydrogens is 240 g/mol. The second-order valence-corrected chi connectivity index (χ2v) is 34.7. The second-order valence-electron chi connectivity index (χ2n) is 11.1. The number of Topliss-reactive ketones (excluding diaryl/α,β-unsaturated/α-hetero) is 1. The quantitative estimate of drug-likeness (QED) is 0.683. The van der Waals surface area contributed by atoms with Gasteiger partial charge in [-0.1, -0.05) is 0 Å². The average molecular weight is 256 g/mol. The zero-order chi connectivity index (χ0) is 10.2. The maximum absolute atomic E-state index is 12.0. The molecule has 10 aliphatic heterocycles. The Kier molecular flexibility index (Phi) is 0.159. The van der Waals surface area contributed by atoms with Gasteiger partial charge in [-0.3, -0.25) is 0 Å².